The van der Waals surface area contributed by atoms with Gasteiger partial charge < -0.3 is 14.8 Å². The first-order chi connectivity index (χ1) is 14.8. The predicted molar refractivity (Wildman–Crippen MR) is 118 cm³/mol. The monoisotopic (exact) mass is 438 g/mol. The molecule has 1 amide bonds. The number of nitrogens with zero attached hydrogens (tertiary/aromatic N) is 1. The van der Waals surface area contributed by atoms with Crippen LogP contribution in [0.15, 0.2) is 71.6 Å². The second kappa shape index (κ2) is 8.31. The number of carbonyl (C=O) groups is 1. The van der Waals surface area contributed by atoms with Crippen molar-refractivity contribution >= 4 is 27.3 Å². The molecule has 1 aliphatic heterocycles. The van der Waals surface area contributed by atoms with Crippen molar-refractivity contribution in [1.29, 1.82) is 0 Å². The Morgan fingerprint density at radius 3 is 2.19 bits per heavy atom. The molecular formula is C23H22N2O5S. The Kier molecular flexibility index (Phi) is 5.56. The SMILES string of the molecule is Cc1ccc(N(CC(=O)Nc2ccc3c(c2)OCO3)S(=O)(=O)c2ccc(C)cc2)cc1. The Morgan fingerprint density at radius 1 is 0.903 bits per heavy atom. The number of carbonyl (C=O) groups excluding carboxylic acids is 1. The van der Waals surface area contributed by atoms with Crippen molar-refractivity contribution in [2.75, 3.05) is 23.0 Å². The van der Waals surface area contributed by atoms with Crippen molar-refractivity contribution in [3.8, 4) is 11.5 Å². The maximum Gasteiger partial charge on any atom is 0.264 e. The minimum Gasteiger partial charge on any atom is -0.454 e. The van der Waals surface area contributed by atoms with Crippen LogP contribution in [0.1, 0.15) is 11.1 Å². The average Bonchev–Trinajstić information content (AvgIpc) is 3.21. The Morgan fingerprint density at radius 2 is 1.52 bits per heavy atom. The van der Waals surface area contributed by atoms with Crippen molar-refractivity contribution in [3.63, 3.8) is 0 Å². The van der Waals surface area contributed by atoms with Gasteiger partial charge >= 0.3 is 0 Å². The van der Waals surface area contributed by atoms with Crippen LogP contribution in [-0.2, 0) is 14.8 Å². The Labute approximate surface area is 181 Å². The van der Waals surface area contributed by atoms with Gasteiger partial charge in [-0.15, -0.1) is 0 Å². The number of amides is 1. The van der Waals surface area contributed by atoms with Gasteiger partial charge in [-0.3, -0.25) is 9.10 Å². The van der Waals surface area contributed by atoms with Crippen LogP contribution in [0.3, 0.4) is 0 Å². The molecular weight excluding hydrogens is 416 g/mol. The van der Waals surface area contributed by atoms with E-state index in [9.17, 15) is 13.2 Å². The fourth-order valence-electron chi connectivity index (χ4n) is 3.17. The largest absolute Gasteiger partial charge is 0.454 e. The summed E-state index contributed by atoms with van der Waals surface area (Å²) < 4.78 is 38.5. The van der Waals surface area contributed by atoms with Crippen molar-refractivity contribution in [2.45, 2.75) is 18.7 Å². The third kappa shape index (κ3) is 4.49. The van der Waals surface area contributed by atoms with E-state index < -0.39 is 15.9 Å². The normalized spacial score (nSPS) is 12.5. The first-order valence-electron chi connectivity index (χ1n) is 9.68. The summed E-state index contributed by atoms with van der Waals surface area (Å²) in [6.45, 7) is 3.54. The lowest BCUT2D eigenvalue weighted by Crippen LogP contribution is -2.38. The van der Waals surface area contributed by atoms with E-state index in [-0.39, 0.29) is 18.2 Å². The summed E-state index contributed by atoms with van der Waals surface area (Å²) in [7, 11) is -3.95. The second-order valence-electron chi connectivity index (χ2n) is 7.28. The molecule has 0 spiro atoms. The lowest BCUT2D eigenvalue weighted by Gasteiger charge is -2.24. The van der Waals surface area contributed by atoms with Crippen LogP contribution in [0, 0.1) is 13.8 Å². The highest BCUT2D eigenvalue weighted by atomic mass is 32.2. The Bertz CT molecular complexity index is 1210. The summed E-state index contributed by atoms with van der Waals surface area (Å²) in [6, 6.07) is 18.6. The molecule has 0 radical (unpaired) electrons. The number of hydrogen-bond donors (Lipinski definition) is 1. The van der Waals surface area contributed by atoms with Gasteiger partial charge in [-0.1, -0.05) is 35.4 Å². The summed E-state index contributed by atoms with van der Waals surface area (Å²) in [5.74, 6) is 0.650. The summed E-state index contributed by atoms with van der Waals surface area (Å²) >= 11 is 0. The van der Waals surface area contributed by atoms with Gasteiger partial charge in [-0.05, 0) is 50.2 Å². The molecule has 1 heterocycles. The van der Waals surface area contributed by atoms with E-state index >= 15 is 0 Å². The number of anilines is 2. The van der Waals surface area contributed by atoms with E-state index in [2.05, 4.69) is 5.32 Å². The second-order valence-corrected chi connectivity index (χ2v) is 9.14. The van der Waals surface area contributed by atoms with E-state index in [1.54, 1.807) is 54.6 Å². The number of ether oxygens (including phenoxy) is 2. The van der Waals surface area contributed by atoms with Gasteiger partial charge in [0.2, 0.25) is 12.7 Å². The molecule has 3 aromatic carbocycles. The molecule has 7 nitrogen and oxygen atoms in total. The third-order valence-electron chi connectivity index (χ3n) is 4.87. The van der Waals surface area contributed by atoms with E-state index in [4.69, 9.17) is 9.47 Å². The van der Waals surface area contributed by atoms with Crippen molar-refractivity contribution < 1.29 is 22.7 Å². The highest BCUT2D eigenvalue weighted by Crippen LogP contribution is 2.34. The molecule has 1 N–H and O–H groups in total. The van der Waals surface area contributed by atoms with Gasteiger partial charge in [-0.2, -0.15) is 0 Å². The number of fused-ring (bicyclic) bond motifs is 1. The van der Waals surface area contributed by atoms with Crippen LogP contribution in [0.4, 0.5) is 11.4 Å². The molecule has 0 atom stereocenters. The Balaban J connectivity index is 1.62. The molecule has 4 rings (SSSR count). The van der Waals surface area contributed by atoms with Crippen LogP contribution in [0.5, 0.6) is 11.5 Å². The molecule has 0 aromatic heterocycles. The minimum absolute atomic E-state index is 0.120. The molecule has 0 saturated heterocycles. The van der Waals surface area contributed by atoms with Gasteiger partial charge in [0.25, 0.3) is 10.0 Å². The average molecular weight is 439 g/mol. The molecule has 0 bridgehead atoms. The van der Waals surface area contributed by atoms with Crippen molar-refractivity contribution in [1.82, 2.24) is 0 Å². The molecule has 8 heteroatoms. The zero-order valence-corrected chi connectivity index (χ0v) is 18.0. The fraction of sp³-hybridized carbons (Fsp3) is 0.174. The molecule has 0 aliphatic carbocycles. The molecule has 0 fully saturated rings. The topological polar surface area (TPSA) is 84.9 Å². The number of nitrogens with one attached hydrogen (secondary N) is 1. The van der Waals surface area contributed by atoms with E-state index in [0.29, 0.717) is 22.9 Å². The van der Waals surface area contributed by atoms with Crippen LogP contribution in [-0.4, -0.2) is 27.7 Å². The first kappa shape index (κ1) is 20.7. The molecule has 1 aliphatic rings. The van der Waals surface area contributed by atoms with Gasteiger partial charge in [-0.25, -0.2) is 8.42 Å². The van der Waals surface area contributed by atoms with Crippen LogP contribution in [0.25, 0.3) is 0 Å². The molecule has 0 saturated carbocycles. The quantitative estimate of drug-likeness (QED) is 0.632. The number of rotatable bonds is 6. The van der Waals surface area contributed by atoms with Gasteiger partial charge in [0.15, 0.2) is 11.5 Å². The zero-order valence-electron chi connectivity index (χ0n) is 17.2. The Hall–Kier alpha value is -3.52. The minimum atomic E-state index is -3.95. The summed E-state index contributed by atoms with van der Waals surface area (Å²) in [6.07, 6.45) is 0. The maximum atomic E-state index is 13.4. The number of aryl methyl sites for hydroxylation is 2. The van der Waals surface area contributed by atoms with Crippen LogP contribution >= 0.6 is 0 Å². The molecule has 0 unspecified atom stereocenters. The number of benzene rings is 3. The highest BCUT2D eigenvalue weighted by Gasteiger charge is 2.27. The van der Waals surface area contributed by atoms with Crippen LogP contribution < -0.4 is 19.1 Å². The van der Waals surface area contributed by atoms with E-state index in [0.717, 1.165) is 15.4 Å². The van der Waals surface area contributed by atoms with Crippen LogP contribution in [0.2, 0.25) is 0 Å². The molecule has 3 aromatic rings. The predicted octanol–water partition coefficient (Wildman–Crippen LogP) is 3.87. The molecule has 160 valence electrons. The smallest absolute Gasteiger partial charge is 0.264 e. The summed E-state index contributed by atoms with van der Waals surface area (Å²) in [4.78, 5) is 12.9. The standard InChI is InChI=1S/C23H22N2O5S/c1-16-3-8-19(9-4-16)25(31(27,28)20-10-5-17(2)6-11-20)14-23(26)24-18-7-12-21-22(13-18)30-15-29-21/h3-13H,14-15H2,1-2H3,(H,24,26). The van der Waals surface area contributed by atoms with E-state index in [1.807, 2.05) is 26.0 Å². The van der Waals surface area contributed by atoms with Gasteiger partial charge in [0.05, 0.1) is 10.6 Å². The summed E-state index contributed by atoms with van der Waals surface area (Å²) in [5, 5.41) is 2.74. The lowest BCUT2D eigenvalue weighted by molar-refractivity contribution is -0.114. The summed E-state index contributed by atoms with van der Waals surface area (Å²) in [5.41, 5.74) is 2.83. The van der Waals surface area contributed by atoms with Gasteiger partial charge in [0, 0.05) is 11.8 Å². The highest BCUT2D eigenvalue weighted by molar-refractivity contribution is 7.92. The number of hydrogen-bond acceptors (Lipinski definition) is 5. The van der Waals surface area contributed by atoms with Crippen molar-refractivity contribution in [2.24, 2.45) is 0 Å². The fourth-order valence-corrected chi connectivity index (χ4v) is 4.59. The number of sulfonamides is 1. The van der Waals surface area contributed by atoms with E-state index in [1.165, 1.54) is 0 Å². The van der Waals surface area contributed by atoms with Gasteiger partial charge in [0.1, 0.15) is 6.54 Å². The third-order valence-corrected chi connectivity index (χ3v) is 6.66. The lowest BCUT2D eigenvalue weighted by atomic mass is 10.2. The maximum absolute atomic E-state index is 13.4. The first-order valence-corrected chi connectivity index (χ1v) is 11.1. The molecule has 31 heavy (non-hydrogen) atoms. The zero-order chi connectivity index (χ0) is 22.0. The van der Waals surface area contributed by atoms with Crippen molar-refractivity contribution in [3.05, 3.63) is 77.9 Å².